The van der Waals surface area contributed by atoms with Crippen molar-refractivity contribution in [1.82, 2.24) is 19.9 Å². The van der Waals surface area contributed by atoms with Crippen LogP contribution in [0, 0.1) is 0 Å². The fraction of sp³-hybridized carbons (Fsp3) is 0.308. The lowest BCUT2D eigenvalue weighted by atomic mass is 10.1. The van der Waals surface area contributed by atoms with Crippen LogP contribution in [-0.2, 0) is 25.0 Å². The molecule has 4 aromatic rings. The summed E-state index contributed by atoms with van der Waals surface area (Å²) in [5.41, 5.74) is 0.888. The highest BCUT2D eigenvalue weighted by Crippen LogP contribution is 2.23. The third-order valence-electron chi connectivity index (χ3n) is 5.12. The number of pyridine rings is 1. The molecule has 0 saturated carbocycles. The third-order valence-corrected chi connectivity index (χ3v) is 5.12. The summed E-state index contributed by atoms with van der Waals surface area (Å²) < 4.78 is 68.6. The van der Waals surface area contributed by atoms with E-state index in [4.69, 9.17) is 23.3 Å². The Hall–Kier alpha value is -4.16. The molecule has 5 rings (SSSR count). The van der Waals surface area contributed by atoms with E-state index in [9.17, 15) is 16.8 Å². The molecule has 43 heavy (non-hydrogen) atoms. The summed E-state index contributed by atoms with van der Waals surface area (Å²) >= 11 is 0. The van der Waals surface area contributed by atoms with Gasteiger partial charge in [-0.2, -0.15) is 31.8 Å². The van der Waals surface area contributed by atoms with Crippen LogP contribution in [0.25, 0.3) is 10.8 Å². The summed E-state index contributed by atoms with van der Waals surface area (Å²) in [5.74, 6) is 1.66. The highest BCUT2D eigenvalue weighted by atomic mass is 32.2. The lowest BCUT2D eigenvalue weighted by Gasteiger charge is -2.27. The fourth-order valence-electron chi connectivity index (χ4n) is 3.49. The molecule has 0 spiro atoms. The Morgan fingerprint density at radius 3 is 2.16 bits per heavy atom. The van der Waals surface area contributed by atoms with Gasteiger partial charge < -0.3 is 24.4 Å². The first-order valence-electron chi connectivity index (χ1n) is 12.7. The second-order valence-electron chi connectivity index (χ2n) is 8.88. The van der Waals surface area contributed by atoms with Crippen LogP contribution in [0.1, 0.15) is 0 Å². The zero-order valence-electron chi connectivity index (χ0n) is 23.4. The van der Waals surface area contributed by atoms with Crippen molar-refractivity contribution in [2.75, 3.05) is 62.2 Å². The molecule has 0 bridgehead atoms. The average Bonchev–Trinajstić information content (AvgIpc) is 2.94. The predicted molar refractivity (Wildman–Crippen MR) is 160 cm³/mol. The standard InChI is InChI=1S/C24H24N6O3.2CH4O3S/c1-2-5-19-16-20(8-7-18(19)4-1)26-22-27-23(30-10-12-31-13-11-30)29-24(28-22)33-15-14-32-21-6-3-9-25-17-21;2*1-5(2,3)4/h1-9,16-17H,10-15H2,(H,26,27,28,29);2*1H3,(H,2,3,4). The molecule has 0 unspecified atom stereocenters. The van der Waals surface area contributed by atoms with E-state index in [1.807, 2.05) is 30.3 Å². The summed E-state index contributed by atoms with van der Waals surface area (Å²) in [6.45, 7) is 3.32. The largest absolute Gasteiger partial charge is 0.488 e. The summed E-state index contributed by atoms with van der Waals surface area (Å²) in [5, 5.41) is 5.60. The molecule has 17 heteroatoms. The van der Waals surface area contributed by atoms with Crippen LogP contribution in [-0.4, -0.2) is 97.9 Å². The lowest BCUT2D eigenvalue weighted by Crippen LogP contribution is -2.37. The van der Waals surface area contributed by atoms with Gasteiger partial charge in [0.25, 0.3) is 20.2 Å². The Labute approximate surface area is 249 Å². The minimum absolute atomic E-state index is 0.240. The van der Waals surface area contributed by atoms with Crippen LogP contribution in [0.2, 0.25) is 0 Å². The number of aromatic nitrogens is 4. The van der Waals surface area contributed by atoms with Crippen molar-refractivity contribution in [2.24, 2.45) is 0 Å². The average molecular weight is 637 g/mol. The number of ether oxygens (including phenoxy) is 3. The molecule has 3 heterocycles. The minimum Gasteiger partial charge on any atom is -0.488 e. The molecule has 0 radical (unpaired) electrons. The van der Waals surface area contributed by atoms with Gasteiger partial charge in [0.15, 0.2) is 0 Å². The van der Waals surface area contributed by atoms with E-state index in [1.54, 1.807) is 12.4 Å². The van der Waals surface area contributed by atoms with Crippen LogP contribution >= 0.6 is 0 Å². The molecule has 1 aliphatic heterocycles. The van der Waals surface area contributed by atoms with Crippen LogP contribution in [0.5, 0.6) is 11.8 Å². The van der Waals surface area contributed by atoms with Gasteiger partial charge in [0.2, 0.25) is 11.9 Å². The maximum Gasteiger partial charge on any atom is 0.323 e. The van der Waals surface area contributed by atoms with E-state index in [0.717, 1.165) is 11.1 Å². The molecule has 3 N–H and O–H groups in total. The van der Waals surface area contributed by atoms with Crippen molar-refractivity contribution in [3.63, 3.8) is 0 Å². The van der Waals surface area contributed by atoms with Gasteiger partial charge in [0, 0.05) is 25.0 Å². The molecule has 1 aliphatic rings. The monoisotopic (exact) mass is 636 g/mol. The molecule has 2 aromatic heterocycles. The van der Waals surface area contributed by atoms with E-state index in [1.165, 1.54) is 5.39 Å². The molecule has 15 nitrogen and oxygen atoms in total. The number of nitrogens with one attached hydrogen (secondary N) is 1. The van der Waals surface area contributed by atoms with E-state index in [2.05, 4.69) is 54.4 Å². The van der Waals surface area contributed by atoms with Crippen LogP contribution in [0.15, 0.2) is 67.0 Å². The summed E-state index contributed by atoms with van der Waals surface area (Å²) in [6.07, 6.45) is 4.79. The van der Waals surface area contributed by atoms with E-state index >= 15 is 0 Å². The van der Waals surface area contributed by atoms with Crippen molar-refractivity contribution in [2.45, 2.75) is 0 Å². The van der Waals surface area contributed by atoms with Gasteiger partial charge in [-0.1, -0.05) is 30.3 Å². The van der Waals surface area contributed by atoms with Crippen molar-refractivity contribution in [1.29, 1.82) is 0 Å². The number of hydrogen-bond donors (Lipinski definition) is 3. The number of morpholine rings is 1. The Bertz CT molecular complexity index is 1630. The van der Waals surface area contributed by atoms with Gasteiger partial charge in [-0.15, -0.1) is 0 Å². The normalized spacial score (nSPS) is 13.2. The summed E-state index contributed by atoms with van der Waals surface area (Å²) in [7, 11) is -7.33. The number of nitrogens with zero attached hydrogens (tertiary/aromatic N) is 5. The topological polar surface area (TPSA) is 203 Å². The smallest absolute Gasteiger partial charge is 0.323 e. The maximum atomic E-state index is 9.19. The molecular weight excluding hydrogens is 604 g/mol. The van der Waals surface area contributed by atoms with Crippen molar-refractivity contribution < 1.29 is 40.2 Å². The molecule has 0 amide bonds. The van der Waals surface area contributed by atoms with Gasteiger partial charge in [0.1, 0.15) is 19.0 Å². The van der Waals surface area contributed by atoms with Crippen molar-refractivity contribution in [3.05, 3.63) is 67.0 Å². The van der Waals surface area contributed by atoms with Gasteiger partial charge in [-0.25, -0.2) is 0 Å². The molecule has 0 atom stereocenters. The van der Waals surface area contributed by atoms with Gasteiger partial charge in [-0.05, 0) is 35.0 Å². The van der Waals surface area contributed by atoms with Crippen molar-refractivity contribution in [3.8, 4) is 11.8 Å². The first kappa shape index (κ1) is 33.3. The second kappa shape index (κ2) is 15.9. The maximum absolute atomic E-state index is 9.19. The first-order chi connectivity index (χ1) is 20.3. The van der Waals surface area contributed by atoms with Gasteiger partial charge >= 0.3 is 6.01 Å². The summed E-state index contributed by atoms with van der Waals surface area (Å²) in [4.78, 5) is 19.7. The zero-order valence-corrected chi connectivity index (χ0v) is 25.0. The quantitative estimate of drug-likeness (QED) is 0.188. The Kier molecular flexibility index (Phi) is 12.3. The first-order valence-corrected chi connectivity index (χ1v) is 16.4. The van der Waals surface area contributed by atoms with Crippen molar-refractivity contribution >= 4 is 48.6 Å². The van der Waals surface area contributed by atoms with E-state index in [-0.39, 0.29) is 12.6 Å². The number of rotatable bonds is 8. The fourth-order valence-corrected chi connectivity index (χ4v) is 3.49. The Morgan fingerprint density at radius 1 is 0.860 bits per heavy atom. The molecule has 1 fully saturated rings. The number of hydrogen-bond acceptors (Lipinski definition) is 13. The van der Waals surface area contributed by atoms with Crippen LogP contribution in [0.4, 0.5) is 17.6 Å². The van der Waals surface area contributed by atoms with E-state index < -0.39 is 20.2 Å². The molecule has 232 valence electrons. The van der Waals surface area contributed by atoms with Gasteiger partial charge in [-0.3, -0.25) is 14.1 Å². The highest BCUT2D eigenvalue weighted by Gasteiger charge is 2.17. The van der Waals surface area contributed by atoms with Crippen LogP contribution < -0.4 is 19.7 Å². The lowest BCUT2D eigenvalue weighted by molar-refractivity contribution is 0.122. The van der Waals surface area contributed by atoms with Gasteiger partial charge in [0.05, 0.1) is 31.9 Å². The number of benzene rings is 2. The minimum atomic E-state index is -3.67. The SMILES string of the molecule is CS(=O)(=O)O.CS(=O)(=O)O.c1cncc(OCCOc2nc(Nc3ccc4ccccc4c3)nc(N3CCOCC3)n2)c1. The second-order valence-corrected chi connectivity index (χ2v) is 11.8. The molecule has 1 saturated heterocycles. The summed E-state index contributed by atoms with van der Waals surface area (Å²) in [6, 6.07) is 18.2. The molecule has 0 aliphatic carbocycles. The number of anilines is 3. The molecular formula is C26H32N6O9S2. The molecule has 2 aromatic carbocycles. The Balaban J connectivity index is 0.000000440. The highest BCUT2D eigenvalue weighted by molar-refractivity contribution is 7.85. The third kappa shape index (κ3) is 14.0. The Morgan fingerprint density at radius 2 is 1.51 bits per heavy atom. The zero-order chi connectivity index (χ0) is 31.3. The van der Waals surface area contributed by atoms with Crippen LogP contribution in [0.3, 0.4) is 0 Å². The predicted octanol–water partition coefficient (Wildman–Crippen LogP) is 2.47. The van der Waals surface area contributed by atoms with E-state index in [0.29, 0.717) is 63.1 Å². The number of fused-ring (bicyclic) bond motifs is 1.